The molecule has 3 aromatic rings. The summed E-state index contributed by atoms with van der Waals surface area (Å²) in [4.78, 5) is 0.0645. The molecule has 0 aliphatic heterocycles. The molecule has 0 unspecified atom stereocenters. The van der Waals surface area contributed by atoms with E-state index in [0.29, 0.717) is 17.9 Å². The molecular weight excluding hydrogens is 383 g/mol. The molecule has 28 heavy (non-hydrogen) atoms. The number of hydrogen-bond acceptors (Lipinski definition) is 6. The molecule has 142 valence electrons. The maximum atomic E-state index is 13.7. The van der Waals surface area contributed by atoms with Gasteiger partial charge in [0.2, 0.25) is 0 Å². The number of aryl methyl sites for hydroxylation is 1. The van der Waals surface area contributed by atoms with Crippen LogP contribution in [-0.2, 0) is 16.6 Å². The summed E-state index contributed by atoms with van der Waals surface area (Å²) >= 11 is 0. The zero-order valence-electron chi connectivity index (χ0n) is 14.5. The Bertz CT molecular complexity index is 1140. The van der Waals surface area contributed by atoms with Gasteiger partial charge in [0.15, 0.2) is 5.82 Å². The van der Waals surface area contributed by atoms with Crippen molar-refractivity contribution in [1.29, 1.82) is 5.26 Å². The summed E-state index contributed by atoms with van der Waals surface area (Å²) in [6, 6.07) is 13.6. The van der Waals surface area contributed by atoms with Gasteiger partial charge in [-0.1, -0.05) is 18.2 Å². The van der Waals surface area contributed by atoms with E-state index < -0.39 is 15.8 Å². The number of halogens is 1. The zero-order valence-corrected chi connectivity index (χ0v) is 15.3. The van der Waals surface area contributed by atoms with Crippen molar-refractivity contribution in [3.63, 3.8) is 0 Å². The van der Waals surface area contributed by atoms with Crippen LogP contribution in [-0.4, -0.2) is 28.6 Å². The van der Waals surface area contributed by atoms with Gasteiger partial charge in [-0.25, -0.2) is 17.5 Å². The van der Waals surface area contributed by atoms with Crippen molar-refractivity contribution in [1.82, 2.24) is 20.2 Å². The Morgan fingerprint density at radius 3 is 2.71 bits per heavy atom. The molecule has 2 aromatic carbocycles. The molecule has 0 amide bonds. The van der Waals surface area contributed by atoms with Gasteiger partial charge in [-0.05, 0) is 58.5 Å². The van der Waals surface area contributed by atoms with Crippen LogP contribution in [0.5, 0.6) is 0 Å². The van der Waals surface area contributed by atoms with E-state index in [0.717, 1.165) is 6.07 Å². The Labute approximate surface area is 161 Å². The highest BCUT2D eigenvalue weighted by Crippen LogP contribution is 2.23. The van der Waals surface area contributed by atoms with Crippen LogP contribution in [0.25, 0.3) is 12.2 Å². The van der Waals surface area contributed by atoms with E-state index in [1.54, 1.807) is 30.4 Å². The quantitative estimate of drug-likeness (QED) is 0.655. The summed E-state index contributed by atoms with van der Waals surface area (Å²) in [6.07, 6.45) is 3.37. The van der Waals surface area contributed by atoms with E-state index in [1.807, 2.05) is 6.07 Å². The summed E-state index contributed by atoms with van der Waals surface area (Å²) in [6.45, 7) is 0.320. The summed E-state index contributed by atoms with van der Waals surface area (Å²) in [5, 5.41) is 19.9. The highest BCUT2D eigenvalue weighted by Gasteiger charge is 2.15. The second-order valence-electron chi connectivity index (χ2n) is 5.65. The average molecular weight is 398 g/mol. The summed E-state index contributed by atoms with van der Waals surface area (Å²) in [5.41, 5.74) is 0.506. The van der Waals surface area contributed by atoms with Crippen LogP contribution in [0.15, 0.2) is 53.4 Å². The van der Waals surface area contributed by atoms with E-state index in [9.17, 15) is 12.8 Å². The highest BCUT2D eigenvalue weighted by molar-refractivity contribution is 7.92. The van der Waals surface area contributed by atoms with Crippen molar-refractivity contribution >= 4 is 27.9 Å². The van der Waals surface area contributed by atoms with Crippen molar-refractivity contribution < 1.29 is 12.8 Å². The molecular formula is C18H15FN6O2S. The minimum absolute atomic E-state index is 0.0645. The number of nitrogens with one attached hydrogen (secondary N) is 1. The van der Waals surface area contributed by atoms with Crippen molar-refractivity contribution in [2.45, 2.75) is 17.9 Å². The van der Waals surface area contributed by atoms with Crippen LogP contribution in [0.3, 0.4) is 0 Å². The lowest BCUT2D eigenvalue weighted by molar-refractivity contribution is 0.595. The number of hydrogen-bond donors (Lipinski definition) is 1. The Balaban J connectivity index is 1.90. The third-order valence-electron chi connectivity index (χ3n) is 3.72. The van der Waals surface area contributed by atoms with Gasteiger partial charge in [0.25, 0.3) is 10.0 Å². The molecule has 0 saturated carbocycles. The monoisotopic (exact) mass is 398 g/mol. The maximum Gasteiger partial charge on any atom is 0.261 e. The number of anilines is 1. The first-order valence-electron chi connectivity index (χ1n) is 8.18. The fourth-order valence-electron chi connectivity index (χ4n) is 2.38. The molecule has 3 rings (SSSR count). The first-order chi connectivity index (χ1) is 13.5. The van der Waals surface area contributed by atoms with Gasteiger partial charge in [0.1, 0.15) is 5.82 Å². The van der Waals surface area contributed by atoms with E-state index in [4.69, 9.17) is 5.26 Å². The molecule has 8 nitrogen and oxygen atoms in total. The zero-order chi connectivity index (χ0) is 20.0. The van der Waals surface area contributed by atoms with E-state index >= 15 is 0 Å². The Kier molecular flexibility index (Phi) is 5.76. The van der Waals surface area contributed by atoms with Crippen molar-refractivity contribution in [3.8, 4) is 6.07 Å². The van der Waals surface area contributed by atoms with Gasteiger partial charge in [-0.2, -0.15) is 5.26 Å². The van der Waals surface area contributed by atoms with E-state index in [2.05, 4.69) is 20.2 Å². The normalized spacial score (nSPS) is 11.4. The maximum absolute atomic E-state index is 13.7. The van der Waals surface area contributed by atoms with Crippen molar-refractivity contribution in [3.05, 3.63) is 65.7 Å². The highest BCUT2D eigenvalue weighted by atomic mass is 32.2. The first-order valence-corrected chi connectivity index (χ1v) is 9.66. The van der Waals surface area contributed by atoms with E-state index in [1.165, 1.54) is 28.9 Å². The minimum Gasteiger partial charge on any atom is -0.279 e. The van der Waals surface area contributed by atoms with Crippen molar-refractivity contribution in [2.24, 2.45) is 0 Å². The van der Waals surface area contributed by atoms with Gasteiger partial charge in [-0.15, -0.1) is 5.10 Å². The number of nitriles is 1. The molecule has 0 radical (unpaired) electrons. The first kappa shape index (κ1) is 19.2. The average Bonchev–Trinajstić information content (AvgIpc) is 3.13. The molecule has 1 N–H and O–H groups in total. The van der Waals surface area contributed by atoms with Gasteiger partial charge in [0, 0.05) is 0 Å². The summed E-state index contributed by atoms with van der Waals surface area (Å²) in [5.74, 6) is -0.196. The number of sulfonamides is 1. The molecule has 0 spiro atoms. The SMILES string of the molecule is N#CCCn1nnnc1C=Cc1ccc(F)cc1NS(=O)(=O)c1ccccc1. The second kappa shape index (κ2) is 8.41. The van der Waals surface area contributed by atoms with Gasteiger partial charge >= 0.3 is 0 Å². The van der Waals surface area contributed by atoms with Crippen LogP contribution >= 0.6 is 0 Å². The lowest BCUT2D eigenvalue weighted by atomic mass is 10.1. The molecule has 1 aromatic heterocycles. The number of nitrogens with zero attached hydrogens (tertiary/aromatic N) is 5. The van der Waals surface area contributed by atoms with Crippen molar-refractivity contribution in [2.75, 3.05) is 4.72 Å². The van der Waals surface area contributed by atoms with Gasteiger partial charge < -0.3 is 0 Å². The largest absolute Gasteiger partial charge is 0.279 e. The molecule has 10 heteroatoms. The Morgan fingerprint density at radius 1 is 1.18 bits per heavy atom. The molecule has 0 atom stereocenters. The van der Waals surface area contributed by atoms with Gasteiger partial charge in [0.05, 0.1) is 29.6 Å². The minimum atomic E-state index is -3.88. The molecule has 1 heterocycles. The van der Waals surface area contributed by atoms with Crippen LogP contribution in [0.2, 0.25) is 0 Å². The molecule has 0 saturated heterocycles. The molecule has 0 fully saturated rings. The lowest BCUT2D eigenvalue weighted by Gasteiger charge is -2.11. The topological polar surface area (TPSA) is 114 Å². The van der Waals surface area contributed by atoms with Crippen LogP contribution in [0, 0.1) is 17.1 Å². The predicted octanol–water partition coefficient (Wildman–Crippen LogP) is 2.70. The summed E-state index contributed by atoms with van der Waals surface area (Å²) in [7, 11) is -3.88. The molecule has 0 bridgehead atoms. The number of rotatable bonds is 7. The van der Waals surface area contributed by atoms with Crippen LogP contribution < -0.4 is 4.72 Å². The van der Waals surface area contributed by atoms with Crippen LogP contribution in [0.1, 0.15) is 17.8 Å². The van der Waals surface area contributed by atoms with Crippen LogP contribution in [0.4, 0.5) is 10.1 Å². The Hall–Kier alpha value is -3.58. The second-order valence-corrected chi connectivity index (χ2v) is 7.33. The standard InChI is InChI=1S/C18H15FN6O2S/c19-15-9-7-14(8-10-18-21-23-24-25(18)12-4-11-20)17(13-15)22-28(26,27)16-5-2-1-3-6-16/h1-3,5-10,13,22H,4,12H2. The fraction of sp³-hybridized carbons (Fsp3) is 0.111. The Morgan fingerprint density at radius 2 is 1.96 bits per heavy atom. The third kappa shape index (κ3) is 4.57. The third-order valence-corrected chi connectivity index (χ3v) is 5.10. The van der Waals surface area contributed by atoms with Gasteiger partial charge in [-0.3, -0.25) is 4.72 Å². The number of aromatic nitrogens is 4. The lowest BCUT2D eigenvalue weighted by Crippen LogP contribution is -2.13. The predicted molar refractivity (Wildman–Crippen MR) is 101 cm³/mol. The summed E-state index contributed by atoms with van der Waals surface area (Å²) < 4.78 is 42.7. The smallest absolute Gasteiger partial charge is 0.261 e. The number of benzene rings is 2. The fourth-order valence-corrected chi connectivity index (χ4v) is 3.48. The molecule has 0 aliphatic rings. The number of tetrazole rings is 1. The van der Waals surface area contributed by atoms with E-state index in [-0.39, 0.29) is 17.0 Å². The molecule has 0 aliphatic carbocycles.